The van der Waals surface area contributed by atoms with Gasteiger partial charge in [-0.3, -0.25) is 15.4 Å². The molecule has 1 N–H and O–H groups in total. The van der Waals surface area contributed by atoms with Crippen LogP contribution in [0, 0.1) is 10.1 Å². The summed E-state index contributed by atoms with van der Waals surface area (Å²) in [7, 11) is 7.06. The third-order valence-electron chi connectivity index (χ3n) is 4.24. The van der Waals surface area contributed by atoms with Crippen LogP contribution in [0.25, 0.3) is 0 Å². The molecule has 0 aliphatic carbocycles. The fourth-order valence-electron chi connectivity index (χ4n) is 2.62. The minimum atomic E-state index is -0.727. The Kier molecular flexibility index (Phi) is 7.79. The second-order valence-corrected chi connectivity index (χ2v) is 6.71. The molecule has 0 atom stereocenters. The first-order valence-electron chi connectivity index (χ1n) is 9.01. The Balaban J connectivity index is 2.19. The largest absolute Gasteiger partial charge is 0.494 e. The number of hydrogen-bond donors (Lipinski definition) is 1. The van der Waals surface area contributed by atoms with Crippen molar-refractivity contribution in [3.05, 3.63) is 58.1 Å². The van der Waals surface area contributed by atoms with Crippen molar-refractivity contribution in [3.63, 3.8) is 0 Å². The molecule has 0 spiro atoms. The number of nitro benzene ring substituents is 1. The first kappa shape index (κ1) is 22.0. The highest BCUT2D eigenvalue weighted by molar-refractivity contribution is 5.89. The van der Waals surface area contributed by atoms with E-state index >= 15 is 0 Å². The minimum Gasteiger partial charge on any atom is -0.494 e. The van der Waals surface area contributed by atoms with Crippen LogP contribution in [0.2, 0.25) is 0 Å². The summed E-state index contributed by atoms with van der Waals surface area (Å²) in [4.78, 5) is 27.0. The second-order valence-electron chi connectivity index (χ2n) is 6.71. The molecule has 0 heterocycles. The highest BCUT2D eigenvalue weighted by Crippen LogP contribution is 2.38. The number of amides is 1. The highest BCUT2D eigenvalue weighted by Gasteiger charge is 2.23. The van der Waals surface area contributed by atoms with Gasteiger partial charge in [-0.1, -0.05) is 30.3 Å². The number of rotatable bonds is 9. The third-order valence-corrected chi connectivity index (χ3v) is 4.24. The van der Waals surface area contributed by atoms with Crippen molar-refractivity contribution in [2.45, 2.75) is 6.61 Å². The van der Waals surface area contributed by atoms with Crippen LogP contribution in [-0.4, -0.2) is 57.3 Å². The van der Waals surface area contributed by atoms with Crippen LogP contribution in [0.5, 0.6) is 5.75 Å². The lowest BCUT2D eigenvalue weighted by atomic mass is 10.2. The Labute approximate surface area is 170 Å². The summed E-state index contributed by atoms with van der Waals surface area (Å²) in [5.41, 5.74) is 1.27. The van der Waals surface area contributed by atoms with E-state index in [-0.39, 0.29) is 18.0 Å². The molecule has 0 aliphatic rings. The van der Waals surface area contributed by atoms with Crippen LogP contribution in [0.15, 0.2) is 42.5 Å². The van der Waals surface area contributed by atoms with Gasteiger partial charge in [0.25, 0.3) is 5.69 Å². The molecule has 156 valence electrons. The van der Waals surface area contributed by atoms with Crippen molar-refractivity contribution in [3.8, 4) is 5.75 Å². The molecule has 9 heteroatoms. The van der Waals surface area contributed by atoms with Crippen molar-refractivity contribution in [2.75, 3.05) is 51.6 Å². The number of hydrogen-bond acceptors (Lipinski definition) is 7. The summed E-state index contributed by atoms with van der Waals surface area (Å²) in [6, 6.07) is 12.0. The average Bonchev–Trinajstić information content (AvgIpc) is 2.70. The number of nitrogens with one attached hydrogen (secondary N) is 1. The lowest BCUT2D eigenvalue weighted by molar-refractivity contribution is -0.384. The van der Waals surface area contributed by atoms with Crippen LogP contribution >= 0.6 is 0 Å². The number of carbonyl (C=O) groups excluding carboxylic acids is 1. The molecule has 2 aromatic carbocycles. The number of ether oxygens (including phenoxy) is 2. The Bertz CT molecular complexity index is 842. The lowest BCUT2D eigenvalue weighted by Gasteiger charge is -2.22. The molecule has 1 amide bonds. The fraction of sp³-hybridized carbons (Fsp3) is 0.350. The molecule has 9 nitrogen and oxygen atoms in total. The zero-order valence-electron chi connectivity index (χ0n) is 17.0. The van der Waals surface area contributed by atoms with Gasteiger partial charge >= 0.3 is 6.09 Å². The van der Waals surface area contributed by atoms with Crippen molar-refractivity contribution in [1.82, 2.24) is 4.90 Å². The van der Waals surface area contributed by atoms with Gasteiger partial charge in [0.05, 0.1) is 17.7 Å². The van der Waals surface area contributed by atoms with E-state index in [0.29, 0.717) is 18.0 Å². The maximum atomic E-state index is 12.2. The van der Waals surface area contributed by atoms with Gasteiger partial charge in [-0.05, 0) is 19.7 Å². The van der Waals surface area contributed by atoms with Gasteiger partial charge in [0, 0.05) is 32.3 Å². The molecule has 0 unspecified atom stereocenters. The fourth-order valence-corrected chi connectivity index (χ4v) is 2.62. The molecule has 0 saturated heterocycles. The van der Waals surface area contributed by atoms with Crippen molar-refractivity contribution >= 4 is 23.2 Å². The Hall–Kier alpha value is -3.33. The van der Waals surface area contributed by atoms with Crippen molar-refractivity contribution < 1.29 is 19.2 Å². The van der Waals surface area contributed by atoms with E-state index < -0.39 is 11.0 Å². The average molecular weight is 402 g/mol. The first-order chi connectivity index (χ1) is 13.8. The standard InChI is InChI=1S/C20H26N4O5/c1-22(2)10-11-23(3)17-13-19(28-4)16(12-18(17)24(26)27)21-20(25)29-14-15-8-6-5-7-9-15/h5-9,12-13H,10-11,14H2,1-4H3,(H,21,25). The van der Waals surface area contributed by atoms with Crippen LogP contribution in [0.4, 0.5) is 21.9 Å². The van der Waals surface area contributed by atoms with Crippen molar-refractivity contribution in [1.29, 1.82) is 0 Å². The zero-order valence-corrected chi connectivity index (χ0v) is 17.0. The number of benzene rings is 2. The zero-order chi connectivity index (χ0) is 21.4. The summed E-state index contributed by atoms with van der Waals surface area (Å²) >= 11 is 0. The molecule has 0 fully saturated rings. The molecule has 0 saturated carbocycles. The summed E-state index contributed by atoms with van der Waals surface area (Å²) in [5.74, 6) is 0.305. The number of carbonyl (C=O) groups is 1. The topological polar surface area (TPSA) is 97.2 Å². The smallest absolute Gasteiger partial charge is 0.412 e. The van der Waals surface area contributed by atoms with Gasteiger partial charge in [0.1, 0.15) is 18.0 Å². The number of nitrogens with zero attached hydrogens (tertiary/aromatic N) is 3. The Morgan fingerprint density at radius 3 is 2.41 bits per heavy atom. The van der Waals surface area contributed by atoms with E-state index in [2.05, 4.69) is 5.32 Å². The van der Waals surface area contributed by atoms with Gasteiger partial charge in [0.15, 0.2) is 0 Å². The van der Waals surface area contributed by atoms with E-state index in [1.807, 2.05) is 49.3 Å². The number of likely N-dealkylation sites (N-methyl/N-ethyl adjacent to an activating group) is 2. The Morgan fingerprint density at radius 2 is 1.83 bits per heavy atom. The molecule has 2 aromatic rings. The van der Waals surface area contributed by atoms with Crippen molar-refractivity contribution in [2.24, 2.45) is 0 Å². The molecule has 0 aliphatic heterocycles. The molecular formula is C20H26N4O5. The molecule has 2 rings (SSSR count). The number of methoxy groups -OCH3 is 1. The highest BCUT2D eigenvalue weighted by atomic mass is 16.6. The summed E-state index contributed by atoms with van der Waals surface area (Å²) < 4.78 is 10.5. The second kappa shape index (κ2) is 10.3. The predicted molar refractivity (Wildman–Crippen MR) is 112 cm³/mol. The SMILES string of the molecule is COc1cc(N(C)CCN(C)C)c([N+](=O)[O-])cc1NC(=O)OCc1ccccc1. The minimum absolute atomic E-state index is 0.0858. The van der Waals surface area contributed by atoms with Crippen LogP contribution in [0.1, 0.15) is 5.56 Å². The first-order valence-corrected chi connectivity index (χ1v) is 9.01. The van der Waals surface area contributed by atoms with E-state index in [0.717, 1.165) is 12.1 Å². The maximum Gasteiger partial charge on any atom is 0.412 e. The van der Waals surface area contributed by atoms with Crippen LogP contribution < -0.4 is 15.0 Å². The summed E-state index contributed by atoms with van der Waals surface area (Å²) in [6.45, 7) is 1.40. The Morgan fingerprint density at radius 1 is 1.14 bits per heavy atom. The van der Waals surface area contributed by atoms with Gasteiger partial charge in [-0.15, -0.1) is 0 Å². The van der Waals surface area contributed by atoms with Crippen LogP contribution in [0.3, 0.4) is 0 Å². The molecule has 0 aromatic heterocycles. The predicted octanol–water partition coefficient (Wildman–Crippen LogP) is 3.35. The monoisotopic (exact) mass is 402 g/mol. The van der Waals surface area contributed by atoms with Gasteiger partial charge in [-0.25, -0.2) is 4.79 Å². The molecule has 0 bridgehead atoms. The summed E-state index contributed by atoms with van der Waals surface area (Å²) in [6.07, 6.45) is -0.727. The van der Waals surface area contributed by atoms with Gasteiger partial charge < -0.3 is 19.3 Å². The van der Waals surface area contributed by atoms with E-state index in [4.69, 9.17) is 9.47 Å². The van der Waals surface area contributed by atoms with Crippen LogP contribution in [-0.2, 0) is 11.3 Å². The molecular weight excluding hydrogens is 376 g/mol. The van der Waals surface area contributed by atoms with Gasteiger partial charge in [0.2, 0.25) is 0 Å². The molecule has 29 heavy (non-hydrogen) atoms. The third kappa shape index (κ3) is 6.35. The van der Waals surface area contributed by atoms with Gasteiger partial charge in [-0.2, -0.15) is 0 Å². The summed E-state index contributed by atoms with van der Waals surface area (Å²) in [5, 5.41) is 14.1. The van der Waals surface area contributed by atoms with E-state index in [9.17, 15) is 14.9 Å². The van der Waals surface area contributed by atoms with E-state index in [1.165, 1.54) is 13.2 Å². The lowest BCUT2D eigenvalue weighted by Crippen LogP contribution is -2.29. The normalized spacial score (nSPS) is 10.5. The molecule has 0 radical (unpaired) electrons. The number of nitro groups is 1. The van der Waals surface area contributed by atoms with E-state index in [1.54, 1.807) is 18.0 Å². The quantitative estimate of drug-likeness (QED) is 0.507. The maximum absolute atomic E-state index is 12.2. The number of anilines is 2.